The molecule has 4 amide bonds. The van der Waals surface area contributed by atoms with Crippen molar-refractivity contribution in [3.8, 4) is 11.5 Å². The number of hydrogen-bond donors (Lipinski definition) is 2. The van der Waals surface area contributed by atoms with E-state index in [0.717, 1.165) is 4.90 Å². The van der Waals surface area contributed by atoms with Crippen LogP contribution in [0.5, 0.6) is 11.5 Å². The van der Waals surface area contributed by atoms with Crippen LogP contribution in [0.3, 0.4) is 0 Å². The highest BCUT2D eigenvalue weighted by atomic mass is 35.5. The SMILES string of the molecule is COc1cccc(C=C2NC(=O)N(c3cccc(Cl)c3)C2=O)c1OCC(=O)Nc1ccc(F)cc1. The van der Waals surface area contributed by atoms with E-state index in [1.165, 1.54) is 43.5 Å². The summed E-state index contributed by atoms with van der Waals surface area (Å²) in [4.78, 5) is 38.8. The van der Waals surface area contributed by atoms with Gasteiger partial charge >= 0.3 is 6.03 Å². The van der Waals surface area contributed by atoms with Crippen molar-refractivity contribution in [3.05, 3.63) is 88.8 Å². The number of methoxy groups -OCH3 is 1. The van der Waals surface area contributed by atoms with Gasteiger partial charge in [0.05, 0.1) is 12.8 Å². The second-order valence-corrected chi connectivity index (χ2v) is 7.77. The number of imide groups is 1. The van der Waals surface area contributed by atoms with Crippen LogP contribution < -0.4 is 25.0 Å². The van der Waals surface area contributed by atoms with Gasteiger partial charge in [0, 0.05) is 16.3 Å². The lowest BCUT2D eigenvalue weighted by Crippen LogP contribution is -2.30. The highest BCUT2D eigenvalue weighted by molar-refractivity contribution is 6.32. The molecule has 3 aromatic carbocycles. The Hall–Kier alpha value is -4.37. The standard InChI is InChI=1S/C25H19ClFN3O5/c1-34-21-7-2-4-15(23(21)35-14-22(31)28-18-10-8-17(27)9-11-18)12-20-24(32)30(25(33)29-20)19-6-3-5-16(26)13-19/h2-13H,14H2,1H3,(H,28,31)(H,29,33). The van der Waals surface area contributed by atoms with Crippen LogP contribution in [-0.4, -0.2) is 31.6 Å². The lowest BCUT2D eigenvalue weighted by Gasteiger charge is -2.14. The maximum absolute atomic E-state index is 13.1. The lowest BCUT2D eigenvalue weighted by atomic mass is 10.1. The van der Waals surface area contributed by atoms with Crippen molar-refractivity contribution < 1.29 is 28.2 Å². The van der Waals surface area contributed by atoms with Gasteiger partial charge in [0.1, 0.15) is 11.5 Å². The average Bonchev–Trinajstić information content (AvgIpc) is 3.12. The normalized spacial score (nSPS) is 14.1. The third-order valence-corrected chi connectivity index (χ3v) is 5.18. The van der Waals surface area contributed by atoms with Crippen molar-refractivity contribution in [1.82, 2.24) is 5.32 Å². The number of rotatable bonds is 7. The van der Waals surface area contributed by atoms with Crippen LogP contribution in [0.4, 0.5) is 20.6 Å². The van der Waals surface area contributed by atoms with Crippen molar-refractivity contribution in [2.24, 2.45) is 0 Å². The molecule has 10 heteroatoms. The maximum Gasteiger partial charge on any atom is 0.333 e. The van der Waals surface area contributed by atoms with Crippen molar-refractivity contribution in [2.75, 3.05) is 23.9 Å². The van der Waals surface area contributed by atoms with Crippen LogP contribution in [-0.2, 0) is 9.59 Å². The second kappa shape index (κ2) is 10.3. The Labute approximate surface area is 204 Å². The molecule has 3 aromatic rings. The first-order valence-corrected chi connectivity index (χ1v) is 10.7. The number of para-hydroxylation sites is 1. The van der Waals surface area contributed by atoms with E-state index in [1.54, 1.807) is 36.4 Å². The molecular formula is C25H19ClFN3O5. The second-order valence-electron chi connectivity index (χ2n) is 7.33. The highest BCUT2D eigenvalue weighted by Crippen LogP contribution is 2.33. The summed E-state index contributed by atoms with van der Waals surface area (Å²) in [6.07, 6.45) is 1.43. The number of benzene rings is 3. The number of hydrogen-bond acceptors (Lipinski definition) is 5. The van der Waals surface area contributed by atoms with E-state index in [2.05, 4.69) is 10.6 Å². The first-order chi connectivity index (χ1) is 16.9. The number of urea groups is 1. The fourth-order valence-corrected chi connectivity index (χ4v) is 3.55. The summed E-state index contributed by atoms with van der Waals surface area (Å²) in [6, 6.07) is 16.0. The number of amides is 4. The minimum atomic E-state index is -0.632. The molecule has 0 aliphatic carbocycles. The third kappa shape index (κ3) is 5.42. The summed E-state index contributed by atoms with van der Waals surface area (Å²) in [5.41, 5.74) is 1.13. The predicted molar refractivity (Wildman–Crippen MR) is 129 cm³/mol. The molecule has 1 heterocycles. The Balaban J connectivity index is 1.55. The predicted octanol–water partition coefficient (Wildman–Crippen LogP) is 4.60. The van der Waals surface area contributed by atoms with Crippen molar-refractivity contribution in [1.29, 1.82) is 0 Å². The summed E-state index contributed by atoms with van der Waals surface area (Å²) in [6.45, 7) is -0.386. The zero-order valence-electron chi connectivity index (χ0n) is 18.4. The molecule has 35 heavy (non-hydrogen) atoms. The average molecular weight is 496 g/mol. The Morgan fingerprint density at radius 3 is 2.57 bits per heavy atom. The number of ether oxygens (including phenoxy) is 2. The molecule has 0 aromatic heterocycles. The van der Waals surface area contributed by atoms with E-state index in [9.17, 15) is 18.8 Å². The molecule has 0 spiro atoms. The fraction of sp³-hybridized carbons (Fsp3) is 0.0800. The van der Waals surface area contributed by atoms with Gasteiger partial charge in [-0.25, -0.2) is 14.1 Å². The molecular weight excluding hydrogens is 477 g/mol. The minimum absolute atomic E-state index is 0.00356. The van der Waals surface area contributed by atoms with Gasteiger partial charge in [-0.3, -0.25) is 9.59 Å². The molecule has 4 rings (SSSR count). The third-order valence-electron chi connectivity index (χ3n) is 4.95. The van der Waals surface area contributed by atoms with Crippen LogP contribution in [0.25, 0.3) is 6.08 Å². The molecule has 0 radical (unpaired) electrons. The number of anilines is 2. The number of carbonyl (C=O) groups excluding carboxylic acids is 3. The van der Waals surface area contributed by atoms with Gasteiger partial charge in [-0.05, 0) is 54.6 Å². The first-order valence-electron chi connectivity index (χ1n) is 10.3. The van der Waals surface area contributed by atoms with Crippen LogP contribution in [0.15, 0.2) is 72.4 Å². The van der Waals surface area contributed by atoms with Crippen LogP contribution in [0.1, 0.15) is 5.56 Å². The number of halogens is 2. The summed E-state index contributed by atoms with van der Waals surface area (Å²) >= 11 is 5.99. The molecule has 2 N–H and O–H groups in total. The minimum Gasteiger partial charge on any atom is -0.493 e. The van der Waals surface area contributed by atoms with Crippen molar-refractivity contribution in [3.63, 3.8) is 0 Å². The van der Waals surface area contributed by atoms with Gasteiger partial charge in [-0.1, -0.05) is 29.8 Å². The molecule has 1 aliphatic heterocycles. The zero-order chi connectivity index (χ0) is 24.9. The van der Waals surface area contributed by atoms with Crippen LogP contribution >= 0.6 is 11.6 Å². The number of carbonyl (C=O) groups is 3. The highest BCUT2D eigenvalue weighted by Gasteiger charge is 2.35. The van der Waals surface area contributed by atoms with E-state index in [1.807, 2.05) is 0 Å². The van der Waals surface area contributed by atoms with E-state index in [0.29, 0.717) is 27.7 Å². The molecule has 0 unspecified atom stereocenters. The van der Waals surface area contributed by atoms with E-state index < -0.39 is 23.7 Å². The molecule has 1 saturated heterocycles. The van der Waals surface area contributed by atoms with E-state index in [-0.39, 0.29) is 18.1 Å². The maximum atomic E-state index is 13.1. The topological polar surface area (TPSA) is 97.0 Å². The van der Waals surface area contributed by atoms with Gasteiger partial charge < -0.3 is 20.1 Å². The summed E-state index contributed by atoms with van der Waals surface area (Å²) in [5.74, 6) is -0.982. The molecule has 1 aliphatic rings. The van der Waals surface area contributed by atoms with Crippen LogP contribution in [0, 0.1) is 5.82 Å². The Kier molecular flexibility index (Phi) is 6.98. The molecule has 0 saturated carbocycles. The van der Waals surface area contributed by atoms with Crippen LogP contribution in [0.2, 0.25) is 5.02 Å². The summed E-state index contributed by atoms with van der Waals surface area (Å²) in [5, 5.41) is 5.51. The zero-order valence-corrected chi connectivity index (χ0v) is 19.1. The Bertz CT molecular complexity index is 1330. The molecule has 178 valence electrons. The molecule has 0 bridgehead atoms. The Morgan fingerprint density at radius 1 is 1.11 bits per heavy atom. The van der Waals surface area contributed by atoms with Gasteiger partial charge in [-0.2, -0.15) is 0 Å². The number of nitrogens with one attached hydrogen (secondary N) is 2. The van der Waals surface area contributed by atoms with Gasteiger partial charge in [0.25, 0.3) is 11.8 Å². The monoisotopic (exact) mass is 495 g/mol. The van der Waals surface area contributed by atoms with E-state index >= 15 is 0 Å². The largest absolute Gasteiger partial charge is 0.493 e. The smallest absolute Gasteiger partial charge is 0.333 e. The molecule has 0 atom stereocenters. The molecule has 1 fully saturated rings. The van der Waals surface area contributed by atoms with Crippen molar-refractivity contribution >= 4 is 46.9 Å². The number of nitrogens with zero attached hydrogens (tertiary/aromatic N) is 1. The fourth-order valence-electron chi connectivity index (χ4n) is 3.37. The van der Waals surface area contributed by atoms with Gasteiger partial charge in [0.15, 0.2) is 18.1 Å². The lowest BCUT2D eigenvalue weighted by molar-refractivity contribution is -0.118. The quantitative estimate of drug-likeness (QED) is 0.369. The Morgan fingerprint density at radius 2 is 1.86 bits per heavy atom. The van der Waals surface area contributed by atoms with E-state index in [4.69, 9.17) is 21.1 Å². The van der Waals surface area contributed by atoms with Gasteiger partial charge in [-0.15, -0.1) is 0 Å². The summed E-state index contributed by atoms with van der Waals surface area (Å²) in [7, 11) is 1.43. The summed E-state index contributed by atoms with van der Waals surface area (Å²) < 4.78 is 24.1. The van der Waals surface area contributed by atoms with Gasteiger partial charge in [0.2, 0.25) is 0 Å². The molecule has 8 nitrogen and oxygen atoms in total. The first kappa shape index (κ1) is 23.8. The van der Waals surface area contributed by atoms with Crippen molar-refractivity contribution in [2.45, 2.75) is 0 Å².